The fourth-order valence-corrected chi connectivity index (χ4v) is 2.22. The van der Waals surface area contributed by atoms with E-state index in [4.69, 9.17) is 15.6 Å². The number of ether oxygens (including phenoxy) is 1. The molecular formula is C14H21N3O3. The number of carbonyl (C=O) groups excluding carboxylic acids is 1. The van der Waals surface area contributed by atoms with Crippen LogP contribution in [0.25, 0.3) is 0 Å². The first-order valence-corrected chi connectivity index (χ1v) is 6.70. The lowest BCUT2D eigenvalue weighted by molar-refractivity contribution is -0.120. The highest BCUT2D eigenvalue weighted by molar-refractivity contribution is 5.93. The Hall–Kier alpha value is -1.63. The van der Waals surface area contributed by atoms with Gasteiger partial charge in [0, 0.05) is 24.5 Å². The van der Waals surface area contributed by atoms with Crippen LogP contribution in [0.5, 0.6) is 0 Å². The molecule has 1 aliphatic heterocycles. The highest BCUT2D eigenvalue weighted by Crippen LogP contribution is 2.20. The van der Waals surface area contributed by atoms with Gasteiger partial charge in [0.1, 0.15) is 0 Å². The molecule has 1 aliphatic rings. The first-order valence-electron chi connectivity index (χ1n) is 6.70. The number of aliphatic hydroxyl groups is 1. The van der Waals surface area contributed by atoms with Gasteiger partial charge in [0.15, 0.2) is 0 Å². The third-order valence-electron chi connectivity index (χ3n) is 3.44. The van der Waals surface area contributed by atoms with Crippen molar-refractivity contribution in [1.29, 1.82) is 0 Å². The third kappa shape index (κ3) is 3.69. The predicted molar refractivity (Wildman–Crippen MR) is 77.5 cm³/mol. The van der Waals surface area contributed by atoms with Gasteiger partial charge in [-0.25, -0.2) is 0 Å². The van der Waals surface area contributed by atoms with Crippen LogP contribution in [-0.2, 0) is 9.53 Å². The van der Waals surface area contributed by atoms with Gasteiger partial charge in [0.2, 0.25) is 5.91 Å². The Balaban J connectivity index is 1.90. The number of carbonyl (C=O) groups is 1. The molecule has 0 bridgehead atoms. The molecule has 110 valence electrons. The van der Waals surface area contributed by atoms with Gasteiger partial charge in [-0.3, -0.25) is 9.69 Å². The Labute approximate surface area is 118 Å². The molecule has 4 N–H and O–H groups in total. The second-order valence-electron chi connectivity index (χ2n) is 4.98. The maximum absolute atomic E-state index is 12.0. The molecule has 0 saturated carbocycles. The van der Waals surface area contributed by atoms with Crippen molar-refractivity contribution in [2.45, 2.75) is 13.0 Å². The number of nitrogens with two attached hydrogens (primary N) is 1. The third-order valence-corrected chi connectivity index (χ3v) is 3.44. The van der Waals surface area contributed by atoms with Gasteiger partial charge >= 0.3 is 0 Å². The lowest BCUT2D eigenvalue weighted by Crippen LogP contribution is -2.46. The number of rotatable bonds is 4. The van der Waals surface area contributed by atoms with Gasteiger partial charge in [-0.05, 0) is 24.6 Å². The summed E-state index contributed by atoms with van der Waals surface area (Å²) in [6.07, 6.45) is -0.203. The van der Waals surface area contributed by atoms with Crippen LogP contribution >= 0.6 is 0 Å². The second-order valence-corrected chi connectivity index (χ2v) is 4.98. The maximum atomic E-state index is 12.0. The summed E-state index contributed by atoms with van der Waals surface area (Å²) in [7, 11) is 0. The highest BCUT2D eigenvalue weighted by atomic mass is 16.5. The van der Waals surface area contributed by atoms with E-state index in [2.05, 4.69) is 5.32 Å². The summed E-state index contributed by atoms with van der Waals surface area (Å²) in [5, 5.41) is 11.9. The Morgan fingerprint density at radius 1 is 1.60 bits per heavy atom. The largest absolute Gasteiger partial charge is 0.398 e. The van der Waals surface area contributed by atoms with Gasteiger partial charge in [-0.15, -0.1) is 0 Å². The van der Waals surface area contributed by atoms with Crippen molar-refractivity contribution in [3.63, 3.8) is 0 Å². The lowest BCUT2D eigenvalue weighted by Gasteiger charge is -2.31. The van der Waals surface area contributed by atoms with E-state index in [9.17, 15) is 4.79 Å². The molecule has 1 unspecified atom stereocenters. The predicted octanol–water partition coefficient (Wildman–Crippen LogP) is 0.209. The average Bonchev–Trinajstić information content (AvgIpc) is 2.44. The van der Waals surface area contributed by atoms with Gasteiger partial charge in [-0.1, -0.05) is 6.07 Å². The second kappa shape index (κ2) is 6.69. The number of nitrogen functional groups attached to an aromatic ring is 1. The number of morpholine rings is 1. The van der Waals surface area contributed by atoms with Crippen LogP contribution < -0.4 is 11.1 Å². The molecule has 2 rings (SSSR count). The summed E-state index contributed by atoms with van der Waals surface area (Å²) >= 11 is 0. The maximum Gasteiger partial charge on any atom is 0.238 e. The fraction of sp³-hybridized carbons (Fsp3) is 0.500. The van der Waals surface area contributed by atoms with Crippen LogP contribution in [0.15, 0.2) is 18.2 Å². The standard InChI is InChI=1S/C14H21N3O3/c1-10-12(15)3-2-4-13(10)16-14(19)8-17-5-6-20-11(7-17)9-18/h2-4,11,18H,5-9,15H2,1H3,(H,16,19). The molecule has 0 aromatic heterocycles. The van der Waals surface area contributed by atoms with E-state index in [1.165, 1.54) is 0 Å². The van der Waals surface area contributed by atoms with Crippen molar-refractivity contribution in [3.05, 3.63) is 23.8 Å². The molecule has 1 aromatic carbocycles. The lowest BCUT2D eigenvalue weighted by atomic mass is 10.1. The van der Waals surface area contributed by atoms with E-state index in [0.29, 0.717) is 25.4 Å². The first-order chi connectivity index (χ1) is 9.60. The number of aliphatic hydroxyl groups excluding tert-OH is 1. The molecule has 1 amide bonds. The molecule has 0 spiro atoms. The summed E-state index contributed by atoms with van der Waals surface area (Å²) in [5.74, 6) is -0.0858. The Kier molecular flexibility index (Phi) is 4.94. The van der Waals surface area contributed by atoms with Crippen LogP contribution in [0, 0.1) is 6.92 Å². The Morgan fingerprint density at radius 3 is 3.15 bits per heavy atom. The normalized spacial score (nSPS) is 19.8. The molecule has 6 nitrogen and oxygen atoms in total. The quantitative estimate of drug-likeness (QED) is 0.686. The number of hydrogen-bond donors (Lipinski definition) is 3. The van der Waals surface area contributed by atoms with Crippen LogP contribution in [-0.4, -0.2) is 54.9 Å². The summed E-state index contributed by atoms with van der Waals surface area (Å²) in [6.45, 7) is 3.94. The topological polar surface area (TPSA) is 87.8 Å². The van der Waals surface area contributed by atoms with E-state index < -0.39 is 0 Å². The van der Waals surface area contributed by atoms with Crippen LogP contribution in [0.1, 0.15) is 5.56 Å². The minimum Gasteiger partial charge on any atom is -0.398 e. The zero-order valence-electron chi connectivity index (χ0n) is 11.6. The number of benzene rings is 1. The van der Waals surface area contributed by atoms with Crippen LogP contribution in [0.2, 0.25) is 0 Å². The Morgan fingerprint density at radius 2 is 2.40 bits per heavy atom. The number of nitrogens with one attached hydrogen (secondary N) is 1. The Bertz CT molecular complexity index is 479. The van der Waals surface area contributed by atoms with Crippen molar-refractivity contribution in [1.82, 2.24) is 4.90 Å². The molecule has 20 heavy (non-hydrogen) atoms. The number of hydrogen-bond acceptors (Lipinski definition) is 5. The zero-order valence-corrected chi connectivity index (χ0v) is 11.6. The SMILES string of the molecule is Cc1c(N)cccc1NC(=O)CN1CCOC(CO)C1. The highest BCUT2D eigenvalue weighted by Gasteiger charge is 2.21. The molecule has 1 heterocycles. The van der Waals surface area contributed by atoms with Crippen molar-refractivity contribution in [3.8, 4) is 0 Å². The summed E-state index contributed by atoms with van der Waals surface area (Å²) in [4.78, 5) is 14.0. The molecule has 6 heteroatoms. The summed E-state index contributed by atoms with van der Waals surface area (Å²) in [5.41, 5.74) is 8.08. The molecule has 1 saturated heterocycles. The molecule has 0 radical (unpaired) electrons. The van der Waals surface area contributed by atoms with E-state index >= 15 is 0 Å². The minimum atomic E-state index is -0.203. The van der Waals surface area contributed by atoms with Crippen molar-refractivity contribution in [2.75, 3.05) is 43.9 Å². The fourth-order valence-electron chi connectivity index (χ4n) is 2.22. The minimum absolute atomic E-state index is 0.0214. The number of nitrogens with zero attached hydrogens (tertiary/aromatic N) is 1. The van der Waals surface area contributed by atoms with Gasteiger partial charge in [-0.2, -0.15) is 0 Å². The average molecular weight is 279 g/mol. The van der Waals surface area contributed by atoms with Crippen LogP contribution in [0.4, 0.5) is 11.4 Å². The number of amides is 1. The zero-order chi connectivity index (χ0) is 14.5. The van der Waals surface area contributed by atoms with Crippen molar-refractivity contribution >= 4 is 17.3 Å². The van der Waals surface area contributed by atoms with Crippen molar-refractivity contribution in [2.24, 2.45) is 0 Å². The number of anilines is 2. The smallest absolute Gasteiger partial charge is 0.238 e. The molecule has 0 aliphatic carbocycles. The molecule has 1 aromatic rings. The van der Waals surface area contributed by atoms with Gasteiger partial charge < -0.3 is 20.9 Å². The van der Waals surface area contributed by atoms with Crippen LogP contribution in [0.3, 0.4) is 0 Å². The van der Waals surface area contributed by atoms with E-state index in [-0.39, 0.29) is 25.2 Å². The summed E-state index contributed by atoms with van der Waals surface area (Å²) < 4.78 is 5.35. The van der Waals surface area contributed by atoms with Gasteiger partial charge in [0.25, 0.3) is 0 Å². The molecule has 1 fully saturated rings. The van der Waals surface area contributed by atoms with Gasteiger partial charge in [0.05, 0.1) is 25.9 Å². The summed E-state index contributed by atoms with van der Waals surface area (Å²) in [6, 6.07) is 5.45. The molecule has 1 atom stereocenters. The van der Waals surface area contributed by atoms with E-state index in [1.54, 1.807) is 6.07 Å². The van der Waals surface area contributed by atoms with E-state index in [1.807, 2.05) is 24.0 Å². The molecular weight excluding hydrogens is 258 g/mol. The van der Waals surface area contributed by atoms with Crippen molar-refractivity contribution < 1.29 is 14.6 Å². The monoisotopic (exact) mass is 279 g/mol. The van der Waals surface area contributed by atoms with E-state index in [0.717, 1.165) is 11.3 Å². The first kappa shape index (κ1) is 14.8.